The molecule has 0 unspecified atom stereocenters. The first kappa shape index (κ1) is 13.6. The fourth-order valence-electron chi connectivity index (χ4n) is 0.312. The average Bonchev–Trinajstić information content (AvgIpc) is 2.00. The van der Waals surface area contributed by atoms with Crippen molar-refractivity contribution in [1.29, 1.82) is 15.8 Å². The molecule has 0 aliphatic carbocycles. The van der Waals surface area contributed by atoms with Gasteiger partial charge in [0, 0.05) is 0 Å². The second kappa shape index (κ2) is 5.64. The molecule has 12 heavy (non-hydrogen) atoms. The molecule has 0 heterocycles. The van der Waals surface area contributed by atoms with Crippen molar-refractivity contribution in [2.45, 2.75) is 5.60 Å². The molecule has 2 N–H and O–H groups in total. The predicted octanol–water partition coefficient (Wildman–Crippen LogP) is -4.60. The Bertz CT molecular complexity index is 231. The Labute approximate surface area is 82.4 Å². The summed E-state index contributed by atoms with van der Waals surface area (Å²) < 4.78 is 3.91. The van der Waals surface area contributed by atoms with E-state index in [1.54, 1.807) is 0 Å². The first-order valence-corrected chi connectivity index (χ1v) is 2.38. The Balaban J connectivity index is -0.000000500. The Morgan fingerprint density at radius 1 is 1.17 bits per heavy atom. The molecular formula is C4H3BLiN3O3. The van der Waals surface area contributed by atoms with Crippen LogP contribution in [0.2, 0.25) is 0 Å². The fourth-order valence-corrected chi connectivity index (χ4v) is 0.312. The molecule has 0 aromatic heterocycles. The number of hydrogen-bond donors (Lipinski definition) is 2. The maximum atomic E-state index is 8.18. The third-order valence-corrected chi connectivity index (χ3v) is 0.755. The molecule has 0 radical (unpaired) electrons. The van der Waals surface area contributed by atoms with E-state index in [-0.39, 0.29) is 20.3 Å². The van der Waals surface area contributed by atoms with Crippen LogP contribution in [0.5, 0.6) is 0 Å². The third kappa shape index (κ3) is 3.42. The van der Waals surface area contributed by atoms with E-state index in [1.165, 1.54) is 18.2 Å². The molecule has 0 fully saturated rings. The quantitative estimate of drug-likeness (QED) is 0.391. The van der Waals surface area contributed by atoms with E-state index in [9.17, 15) is 0 Å². The molecule has 0 rings (SSSR count). The SMILES string of the molecule is N#CC(C#N)(C#N)OB(O)O.[H-].[Li+]. The van der Waals surface area contributed by atoms with Gasteiger partial charge >= 0.3 is 31.8 Å². The number of rotatable bonds is 2. The molecule has 0 atom stereocenters. The van der Waals surface area contributed by atoms with Gasteiger partial charge in [0.05, 0.1) is 0 Å². The van der Waals surface area contributed by atoms with E-state index in [4.69, 9.17) is 25.8 Å². The molecule has 0 aliphatic heterocycles. The zero-order valence-corrected chi connectivity index (χ0v) is 6.22. The van der Waals surface area contributed by atoms with E-state index in [0.717, 1.165) is 0 Å². The smallest absolute Gasteiger partial charge is 1.00 e. The minimum atomic E-state index is -2.44. The normalized spacial score (nSPS) is 8.25. The second-order valence-electron chi connectivity index (χ2n) is 1.46. The van der Waals surface area contributed by atoms with Gasteiger partial charge in [0.15, 0.2) is 0 Å². The summed E-state index contributed by atoms with van der Waals surface area (Å²) in [6.07, 6.45) is 0. The van der Waals surface area contributed by atoms with Crippen molar-refractivity contribution >= 4 is 7.32 Å². The fraction of sp³-hybridized carbons (Fsp3) is 0.250. The van der Waals surface area contributed by atoms with Gasteiger partial charge in [-0.15, -0.1) is 0 Å². The largest absolute Gasteiger partial charge is 1.00 e. The minimum absolute atomic E-state index is 0. The minimum Gasteiger partial charge on any atom is -1.00 e. The van der Waals surface area contributed by atoms with Crippen molar-refractivity contribution in [3.63, 3.8) is 0 Å². The summed E-state index contributed by atoms with van der Waals surface area (Å²) in [4.78, 5) is 0. The second-order valence-corrected chi connectivity index (χ2v) is 1.46. The summed E-state index contributed by atoms with van der Waals surface area (Å²) in [5.74, 6) is 0. The average molecular weight is 159 g/mol. The van der Waals surface area contributed by atoms with Gasteiger partial charge in [0.1, 0.15) is 18.2 Å². The molecule has 6 nitrogen and oxygen atoms in total. The van der Waals surface area contributed by atoms with Crippen LogP contribution in [0.1, 0.15) is 1.43 Å². The summed E-state index contributed by atoms with van der Waals surface area (Å²) in [5.41, 5.74) is -2.44. The Hall–Kier alpha value is -0.988. The van der Waals surface area contributed by atoms with Gasteiger partial charge in [-0.1, -0.05) is 0 Å². The van der Waals surface area contributed by atoms with Crippen molar-refractivity contribution in [2.24, 2.45) is 0 Å². The van der Waals surface area contributed by atoms with Crippen LogP contribution < -0.4 is 18.9 Å². The van der Waals surface area contributed by atoms with Crippen molar-refractivity contribution < 1.29 is 35.0 Å². The van der Waals surface area contributed by atoms with Crippen LogP contribution in [-0.2, 0) is 4.65 Å². The van der Waals surface area contributed by atoms with E-state index in [0.29, 0.717) is 0 Å². The molecule has 56 valence electrons. The number of nitriles is 3. The van der Waals surface area contributed by atoms with Crippen LogP contribution in [0.4, 0.5) is 0 Å². The molecule has 0 amide bonds. The van der Waals surface area contributed by atoms with Crippen LogP contribution in [0.3, 0.4) is 0 Å². The Morgan fingerprint density at radius 3 is 1.58 bits per heavy atom. The van der Waals surface area contributed by atoms with E-state index in [2.05, 4.69) is 4.65 Å². The van der Waals surface area contributed by atoms with E-state index < -0.39 is 12.9 Å². The number of nitrogens with zero attached hydrogens (tertiary/aromatic N) is 3. The molecule has 0 aliphatic rings. The maximum Gasteiger partial charge on any atom is 1.00 e. The molecule has 0 spiro atoms. The van der Waals surface area contributed by atoms with Gasteiger partial charge in [-0.05, 0) is 0 Å². The van der Waals surface area contributed by atoms with Gasteiger partial charge < -0.3 is 16.1 Å². The molecule has 0 saturated heterocycles. The van der Waals surface area contributed by atoms with Crippen LogP contribution in [0.15, 0.2) is 0 Å². The van der Waals surface area contributed by atoms with Gasteiger partial charge in [-0.3, -0.25) is 0 Å². The molecule has 0 aromatic rings. The van der Waals surface area contributed by atoms with Gasteiger partial charge in [-0.25, -0.2) is 0 Å². The first-order valence-electron chi connectivity index (χ1n) is 2.38. The van der Waals surface area contributed by atoms with E-state index in [1.807, 2.05) is 0 Å². The van der Waals surface area contributed by atoms with Crippen molar-refractivity contribution in [1.82, 2.24) is 0 Å². The van der Waals surface area contributed by atoms with Crippen molar-refractivity contribution in [2.75, 3.05) is 0 Å². The molecule has 0 bridgehead atoms. The standard InChI is InChI=1S/C4H2BN3O3.Li.H/c6-1-4(2-7,3-8)11-5(9)10;;/h9-10H;;/q;+1;-1. The zero-order valence-electron chi connectivity index (χ0n) is 7.22. The molecule has 8 heteroatoms. The van der Waals surface area contributed by atoms with Crippen LogP contribution >= 0.6 is 0 Å². The Morgan fingerprint density at radius 2 is 1.50 bits per heavy atom. The summed E-state index contributed by atoms with van der Waals surface area (Å²) in [5, 5.41) is 40.9. The predicted molar refractivity (Wildman–Crippen MR) is 32.0 cm³/mol. The monoisotopic (exact) mass is 159 g/mol. The van der Waals surface area contributed by atoms with Crippen molar-refractivity contribution in [3.8, 4) is 18.2 Å². The molecular weight excluding hydrogens is 156 g/mol. The maximum absolute atomic E-state index is 8.18. The van der Waals surface area contributed by atoms with E-state index >= 15 is 0 Å². The van der Waals surface area contributed by atoms with Gasteiger partial charge in [0.25, 0.3) is 0 Å². The van der Waals surface area contributed by atoms with Gasteiger partial charge in [0.2, 0.25) is 0 Å². The van der Waals surface area contributed by atoms with Crippen molar-refractivity contribution in [3.05, 3.63) is 0 Å². The summed E-state index contributed by atoms with van der Waals surface area (Å²) in [7, 11) is -2.31. The summed E-state index contributed by atoms with van der Waals surface area (Å²) in [6.45, 7) is 0. The molecule has 0 aromatic carbocycles. The van der Waals surface area contributed by atoms with Crippen LogP contribution in [0, 0.1) is 34.0 Å². The first-order chi connectivity index (χ1) is 5.10. The van der Waals surface area contributed by atoms with Crippen LogP contribution in [-0.4, -0.2) is 23.0 Å². The summed E-state index contributed by atoms with van der Waals surface area (Å²) in [6, 6.07) is 3.55. The Kier molecular flexibility index (Phi) is 6.38. The zero-order chi connectivity index (χ0) is 8.91. The topological polar surface area (TPSA) is 121 Å². The third-order valence-electron chi connectivity index (χ3n) is 0.755. The number of hydrogen-bond acceptors (Lipinski definition) is 6. The van der Waals surface area contributed by atoms with Crippen LogP contribution in [0.25, 0.3) is 0 Å². The van der Waals surface area contributed by atoms with Gasteiger partial charge in [-0.2, -0.15) is 15.8 Å². The molecule has 0 saturated carbocycles. The summed E-state index contributed by atoms with van der Waals surface area (Å²) >= 11 is 0.